The molecule has 0 N–H and O–H groups in total. The normalized spacial score (nSPS) is 11.5. The van der Waals surface area contributed by atoms with Crippen molar-refractivity contribution in [2.45, 2.75) is 26.3 Å². The molecular formula is C28H23F3N2O2. The second kappa shape index (κ2) is 10.9. The summed E-state index contributed by atoms with van der Waals surface area (Å²) in [6.07, 6.45) is -0.997. The molecule has 1 aromatic heterocycles. The van der Waals surface area contributed by atoms with E-state index in [2.05, 4.69) is 10.2 Å². The number of aromatic nitrogens is 2. The van der Waals surface area contributed by atoms with Crippen LogP contribution in [0.4, 0.5) is 13.2 Å². The monoisotopic (exact) mass is 476 g/mol. The Morgan fingerprint density at radius 2 is 1.37 bits per heavy atom. The van der Waals surface area contributed by atoms with Crippen LogP contribution in [0.2, 0.25) is 0 Å². The number of ether oxygens (including phenoxy) is 2. The van der Waals surface area contributed by atoms with Gasteiger partial charge in [0.25, 0.3) is 5.88 Å². The fourth-order valence-corrected chi connectivity index (χ4v) is 3.34. The second-order valence-corrected chi connectivity index (χ2v) is 7.89. The highest BCUT2D eigenvalue weighted by Gasteiger charge is 2.30. The van der Waals surface area contributed by atoms with Crippen molar-refractivity contribution in [2.75, 3.05) is 0 Å². The van der Waals surface area contributed by atoms with Crippen LogP contribution in [0.5, 0.6) is 11.6 Å². The van der Waals surface area contributed by atoms with Crippen LogP contribution in [0.3, 0.4) is 0 Å². The summed E-state index contributed by atoms with van der Waals surface area (Å²) in [5.74, 6) is 0.677. The molecule has 4 rings (SSSR count). The summed E-state index contributed by atoms with van der Waals surface area (Å²) in [6.45, 7) is 2.25. The molecule has 0 saturated heterocycles. The Morgan fingerprint density at radius 3 is 1.97 bits per heavy atom. The zero-order chi connectivity index (χ0) is 24.7. The van der Waals surface area contributed by atoms with Gasteiger partial charge in [-0.25, -0.2) is 0 Å². The fraction of sp³-hybridized carbons (Fsp3) is 0.143. The number of halogens is 3. The lowest BCUT2D eigenvalue weighted by Gasteiger charge is -2.12. The van der Waals surface area contributed by atoms with Crippen molar-refractivity contribution in [1.82, 2.24) is 10.2 Å². The third kappa shape index (κ3) is 6.69. The second-order valence-electron chi connectivity index (χ2n) is 7.89. The molecule has 0 aliphatic rings. The maximum Gasteiger partial charge on any atom is 0.416 e. The van der Waals surface area contributed by atoms with Gasteiger partial charge < -0.3 is 9.47 Å². The van der Waals surface area contributed by atoms with Crippen LogP contribution >= 0.6 is 0 Å². The third-order valence-electron chi connectivity index (χ3n) is 5.23. The molecule has 35 heavy (non-hydrogen) atoms. The Hall–Kier alpha value is -4.13. The molecule has 0 atom stereocenters. The molecule has 0 aliphatic carbocycles. The van der Waals surface area contributed by atoms with Crippen molar-refractivity contribution in [2.24, 2.45) is 0 Å². The molecule has 4 nitrogen and oxygen atoms in total. The van der Waals surface area contributed by atoms with Gasteiger partial charge in [-0.2, -0.15) is 13.2 Å². The first-order valence-corrected chi connectivity index (χ1v) is 11.0. The smallest absolute Gasteiger partial charge is 0.416 e. The van der Waals surface area contributed by atoms with Gasteiger partial charge in [0, 0.05) is 6.07 Å². The highest BCUT2D eigenvalue weighted by atomic mass is 19.4. The van der Waals surface area contributed by atoms with Crippen molar-refractivity contribution in [3.8, 4) is 11.6 Å². The van der Waals surface area contributed by atoms with E-state index in [1.807, 2.05) is 60.7 Å². The van der Waals surface area contributed by atoms with Gasteiger partial charge in [0.1, 0.15) is 13.2 Å². The number of aryl methyl sites for hydroxylation is 1. The van der Waals surface area contributed by atoms with E-state index in [0.717, 1.165) is 23.3 Å². The van der Waals surface area contributed by atoms with E-state index in [9.17, 15) is 13.2 Å². The highest BCUT2D eigenvalue weighted by Crippen LogP contribution is 2.31. The summed E-state index contributed by atoms with van der Waals surface area (Å²) < 4.78 is 50.7. The quantitative estimate of drug-likeness (QED) is 0.271. The average molecular weight is 476 g/mol. The molecule has 0 bridgehead atoms. The largest absolute Gasteiger partial charge is 0.483 e. The Labute approximate surface area is 201 Å². The molecule has 0 amide bonds. The van der Waals surface area contributed by atoms with Crippen molar-refractivity contribution in [3.63, 3.8) is 0 Å². The number of hydrogen-bond donors (Lipinski definition) is 0. The molecule has 4 aromatic rings. The summed E-state index contributed by atoms with van der Waals surface area (Å²) in [4.78, 5) is 0. The molecule has 0 radical (unpaired) electrons. The first-order valence-electron chi connectivity index (χ1n) is 11.0. The van der Waals surface area contributed by atoms with Gasteiger partial charge in [-0.1, -0.05) is 72.8 Å². The van der Waals surface area contributed by atoms with Crippen molar-refractivity contribution < 1.29 is 22.6 Å². The maximum absolute atomic E-state index is 12.9. The highest BCUT2D eigenvalue weighted by molar-refractivity contribution is 5.70. The molecule has 0 unspecified atom stereocenters. The van der Waals surface area contributed by atoms with Gasteiger partial charge in [0.2, 0.25) is 0 Å². The van der Waals surface area contributed by atoms with Crippen LogP contribution in [0.1, 0.15) is 33.5 Å². The summed E-state index contributed by atoms with van der Waals surface area (Å²) in [5.41, 5.74) is 2.92. The Bertz CT molecular complexity index is 1290. The van der Waals surface area contributed by atoms with Gasteiger partial charge in [-0.3, -0.25) is 0 Å². The van der Waals surface area contributed by atoms with E-state index in [1.54, 1.807) is 25.1 Å². The first-order chi connectivity index (χ1) is 16.9. The molecule has 0 saturated carbocycles. The summed E-state index contributed by atoms with van der Waals surface area (Å²) >= 11 is 0. The van der Waals surface area contributed by atoms with Gasteiger partial charge in [-0.05, 0) is 47.4 Å². The molecule has 178 valence electrons. The Kier molecular flexibility index (Phi) is 7.45. The number of rotatable bonds is 8. The SMILES string of the molecule is Cc1cc(C(F)(F)F)ccc1C=Cc1cc(OCc2ccccc2)c(OCc2ccccc2)nn1. The molecule has 0 aliphatic heterocycles. The molecule has 0 spiro atoms. The van der Waals surface area contributed by atoms with Crippen LogP contribution in [-0.2, 0) is 19.4 Å². The predicted octanol–water partition coefficient (Wildman–Crippen LogP) is 7.13. The van der Waals surface area contributed by atoms with Crippen LogP contribution in [0, 0.1) is 6.92 Å². The van der Waals surface area contributed by atoms with E-state index in [1.165, 1.54) is 6.07 Å². The van der Waals surface area contributed by atoms with Crippen LogP contribution in [0.25, 0.3) is 12.2 Å². The van der Waals surface area contributed by atoms with E-state index in [0.29, 0.717) is 35.8 Å². The van der Waals surface area contributed by atoms with Crippen molar-refractivity contribution >= 4 is 12.2 Å². The van der Waals surface area contributed by atoms with Crippen LogP contribution in [-0.4, -0.2) is 10.2 Å². The molecule has 3 aromatic carbocycles. The fourth-order valence-electron chi connectivity index (χ4n) is 3.34. The van der Waals surface area contributed by atoms with E-state index < -0.39 is 11.7 Å². The van der Waals surface area contributed by atoms with Gasteiger partial charge in [-0.15, -0.1) is 10.2 Å². The lowest BCUT2D eigenvalue weighted by molar-refractivity contribution is -0.137. The van der Waals surface area contributed by atoms with Crippen molar-refractivity contribution in [3.05, 3.63) is 118 Å². The summed E-state index contributed by atoms with van der Waals surface area (Å²) in [6, 6.07) is 24.7. The lowest BCUT2D eigenvalue weighted by atomic mass is 10.0. The maximum atomic E-state index is 12.9. The molecule has 1 heterocycles. The number of benzene rings is 3. The predicted molar refractivity (Wildman–Crippen MR) is 129 cm³/mol. The first kappa shape index (κ1) is 24.0. The topological polar surface area (TPSA) is 44.2 Å². The van der Waals surface area contributed by atoms with E-state index >= 15 is 0 Å². The summed E-state index contributed by atoms with van der Waals surface area (Å²) in [5, 5.41) is 8.38. The minimum Gasteiger partial charge on any atom is -0.483 e. The molecule has 7 heteroatoms. The summed E-state index contributed by atoms with van der Waals surface area (Å²) in [7, 11) is 0. The zero-order valence-corrected chi connectivity index (χ0v) is 19.0. The lowest BCUT2D eigenvalue weighted by Crippen LogP contribution is -2.05. The van der Waals surface area contributed by atoms with Crippen LogP contribution < -0.4 is 9.47 Å². The molecular weight excluding hydrogens is 453 g/mol. The minimum atomic E-state index is -4.38. The van der Waals surface area contributed by atoms with E-state index in [-0.39, 0.29) is 5.88 Å². The van der Waals surface area contributed by atoms with Gasteiger partial charge in [0.15, 0.2) is 5.75 Å². The number of hydrogen-bond acceptors (Lipinski definition) is 4. The zero-order valence-electron chi connectivity index (χ0n) is 19.0. The molecule has 0 fully saturated rings. The van der Waals surface area contributed by atoms with E-state index in [4.69, 9.17) is 9.47 Å². The van der Waals surface area contributed by atoms with Gasteiger partial charge >= 0.3 is 6.18 Å². The Balaban J connectivity index is 1.55. The van der Waals surface area contributed by atoms with Gasteiger partial charge in [0.05, 0.1) is 11.3 Å². The Morgan fingerprint density at radius 1 is 0.743 bits per heavy atom. The third-order valence-corrected chi connectivity index (χ3v) is 5.23. The standard InChI is InChI=1S/C28H23F3N2O2/c1-20-16-24(28(29,30)31)14-12-23(20)13-15-25-17-26(34-18-21-8-4-2-5-9-21)27(33-32-25)35-19-22-10-6-3-7-11-22/h2-17H,18-19H2,1H3. The minimum absolute atomic E-state index is 0.257. The average Bonchev–Trinajstić information content (AvgIpc) is 2.86. The van der Waals surface area contributed by atoms with Crippen LogP contribution in [0.15, 0.2) is 84.9 Å². The van der Waals surface area contributed by atoms with Crippen molar-refractivity contribution in [1.29, 1.82) is 0 Å². The number of nitrogens with zero attached hydrogens (tertiary/aromatic N) is 2. The number of alkyl halides is 3.